The Labute approximate surface area is 111 Å². The van der Waals surface area contributed by atoms with E-state index in [1.54, 1.807) is 6.07 Å². The second kappa shape index (κ2) is 6.08. The van der Waals surface area contributed by atoms with Gasteiger partial charge in [0.2, 0.25) is 5.82 Å². The summed E-state index contributed by atoms with van der Waals surface area (Å²) in [7, 11) is 0. The van der Waals surface area contributed by atoms with E-state index in [1.165, 1.54) is 12.1 Å². The zero-order chi connectivity index (χ0) is 13.8. The topological polar surface area (TPSA) is 72.4 Å². The lowest BCUT2D eigenvalue weighted by molar-refractivity contribution is -0.387. The fourth-order valence-electron chi connectivity index (χ4n) is 2.54. The van der Waals surface area contributed by atoms with Gasteiger partial charge >= 0.3 is 5.69 Å². The minimum Gasteiger partial charge on any atom is -0.330 e. The van der Waals surface area contributed by atoms with Gasteiger partial charge in [-0.05, 0) is 43.5 Å². The summed E-state index contributed by atoms with van der Waals surface area (Å²) in [5, 5.41) is 10.5. The van der Waals surface area contributed by atoms with Crippen molar-refractivity contribution < 1.29 is 9.31 Å². The van der Waals surface area contributed by atoms with Crippen LogP contribution in [-0.2, 0) is 6.54 Å². The molecule has 1 unspecified atom stereocenters. The van der Waals surface area contributed by atoms with Gasteiger partial charge in [0.25, 0.3) is 0 Å². The number of halogens is 1. The molecule has 5 nitrogen and oxygen atoms in total. The standard InChI is InChI=1S/C13H18FN3O2/c14-12-6-10(3-4-13(12)17(18)19)8-16-5-1-2-11(7-15)9-16/h3-4,6,11H,1-2,5,7-9,15H2. The molecule has 1 aromatic rings. The van der Waals surface area contributed by atoms with Crippen LogP contribution in [-0.4, -0.2) is 29.5 Å². The Hall–Kier alpha value is -1.53. The summed E-state index contributed by atoms with van der Waals surface area (Å²) in [6.07, 6.45) is 2.24. The van der Waals surface area contributed by atoms with Crippen LogP contribution >= 0.6 is 0 Å². The number of nitro benzene ring substituents is 1. The Bertz CT molecular complexity index is 467. The maximum absolute atomic E-state index is 13.5. The molecule has 0 amide bonds. The van der Waals surface area contributed by atoms with Crippen LogP contribution in [0, 0.1) is 21.8 Å². The second-order valence-corrected chi connectivity index (χ2v) is 5.02. The van der Waals surface area contributed by atoms with Crippen LogP contribution in [0.5, 0.6) is 0 Å². The normalized spacial score (nSPS) is 20.4. The molecule has 0 saturated carbocycles. The van der Waals surface area contributed by atoms with Gasteiger partial charge in [-0.2, -0.15) is 4.39 Å². The molecule has 1 aliphatic heterocycles. The molecule has 0 spiro atoms. The summed E-state index contributed by atoms with van der Waals surface area (Å²) in [6.45, 7) is 3.17. The SMILES string of the molecule is NCC1CCCN(Cc2ccc([N+](=O)[O-])c(F)c2)C1. The third-order valence-corrected chi connectivity index (χ3v) is 3.55. The number of nitrogens with two attached hydrogens (primary N) is 1. The van der Waals surface area contributed by atoms with Gasteiger partial charge in [0.15, 0.2) is 0 Å². The number of hydrogen-bond donors (Lipinski definition) is 1. The number of hydrogen-bond acceptors (Lipinski definition) is 4. The third kappa shape index (κ3) is 3.48. The van der Waals surface area contributed by atoms with Crippen molar-refractivity contribution in [1.29, 1.82) is 0 Å². The van der Waals surface area contributed by atoms with Crippen molar-refractivity contribution in [1.82, 2.24) is 4.90 Å². The lowest BCUT2D eigenvalue weighted by atomic mass is 9.98. The fourth-order valence-corrected chi connectivity index (χ4v) is 2.54. The summed E-state index contributed by atoms with van der Waals surface area (Å²) < 4.78 is 13.5. The first-order chi connectivity index (χ1) is 9.10. The molecule has 2 N–H and O–H groups in total. The molecule has 1 saturated heterocycles. The maximum atomic E-state index is 13.5. The van der Waals surface area contributed by atoms with Gasteiger partial charge in [0.05, 0.1) is 4.92 Å². The Morgan fingerprint density at radius 3 is 2.95 bits per heavy atom. The van der Waals surface area contributed by atoms with Gasteiger partial charge in [-0.1, -0.05) is 6.07 Å². The maximum Gasteiger partial charge on any atom is 0.304 e. The zero-order valence-corrected chi connectivity index (χ0v) is 10.7. The first kappa shape index (κ1) is 13.9. The molecule has 6 heteroatoms. The van der Waals surface area contributed by atoms with E-state index in [0.29, 0.717) is 19.0 Å². The number of nitrogens with zero attached hydrogens (tertiary/aromatic N) is 2. The molecule has 1 aliphatic rings. The molecule has 1 heterocycles. The smallest absolute Gasteiger partial charge is 0.304 e. The van der Waals surface area contributed by atoms with E-state index in [4.69, 9.17) is 5.73 Å². The first-order valence-electron chi connectivity index (χ1n) is 6.45. The Kier molecular flexibility index (Phi) is 4.44. The largest absolute Gasteiger partial charge is 0.330 e. The van der Waals surface area contributed by atoms with E-state index in [9.17, 15) is 14.5 Å². The van der Waals surface area contributed by atoms with Gasteiger partial charge in [0.1, 0.15) is 0 Å². The number of nitro groups is 1. The van der Waals surface area contributed by atoms with Crippen LogP contribution < -0.4 is 5.73 Å². The van der Waals surface area contributed by atoms with Gasteiger partial charge in [-0.15, -0.1) is 0 Å². The van der Waals surface area contributed by atoms with Crippen molar-refractivity contribution >= 4 is 5.69 Å². The molecule has 0 bridgehead atoms. The number of likely N-dealkylation sites (tertiary alicyclic amines) is 1. The average Bonchev–Trinajstić information content (AvgIpc) is 2.38. The monoisotopic (exact) mass is 267 g/mol. The van der Waals surface area contributed by atoms with Crippen molar-refractivity contribution in [2.75, 3.05) is 19.6 Å². The van der Waals surface area contributed by atoms with E-state index < -0.39 is 16.4 Å². The zero-order valence-electron chi connectivity index (χ0n) is 10.7. The van der Waals surface area contributed by atoms with Crippen molar-refractivity contribution in [3.8, 4) is 0 Å². The van der Waals surface area contributed by atoms with Crippen molar-refractivity contribution in [3.63, 3.8) is 0 Å². The van der Waals surface area contributed by atoms with Crippen LogP contribution in [0.3, 0.4) is 0 Å². The van der Waals surface area contributed by atoms with Crippen molar-refractivity contribution in [3.05, 3.63) is 39.7 Å². The minimum atomic E-state index is -0.769. The molecule has 2 rings (SSSR count). The summed E-state index contributed by atoms with van der Waals surface area (Å²) >= 11 is 0. The molecule has 0 aromatic heterocycles. The van der Waals surface area contributed by atoms with Crippen LogP contribution in [0.1, 0.15) is 18.4 Å². The second-order valence-electron chi connectivity index (χ2n) is 5.02. The van der Waals surface area contributed by atoms with E-state index in [0.717, 1.165) is 31.5 Å². The molecular weight excluding hydrogens is 249 g/mol. The highest BCUT2D eigenvalue weighted by atomic mass is 19.1. The lowest BCUT2D eigenvalue weighted by Gasteiger charge is -2.32. The number of rotatable bonds is 4. The molecule has 0 radical (unpaired) electrons. The first-order valence-corrected chi connectivity index (χ1v) is 6.45. The molecule has 1 atom stereocenters. The van der Waals surface area contributed by atoms with Gasteiger partial charge < -0.3 is 5.73 Å². The van der Waals surface area contributed by atoms with Crippen LogP contribution in [0.4, 0.5) is 10.1 Å². The van der Waals surface area contributed by atoms with E-state index in [-0.39, 0.29) is 0 Å². The molecule has 0 aliphatic carbocycles. The van der Waals surface area contributed by atoms with Crippen molar-refractivity contribution in [2.45, 2.75) is 19.4 Å². The van der Waals surface area contributed by atoms with Crippen LogP contribution in [0.15, 0.2) is 18.2 Å². The predicted molar refractivity (Wildman–Crippen MR) is 70.1 cm³/mol. The van der Waals surface area contributed by atoms with E-state index in [2.05, 4.69) is 4.90 Å². The van der Waals surface area contributed by atoms with E-state index in [1.807, 2.05) is 0 Å². The highest BCUT2D eigenvalue weighted by Crippen LogP contribution is 2.21. The molecule has 19 heavy (non-hydrogen) atoms. The van der Waals surface area contributed by atoms with Crippen LogP contribution in [0.25, 0.3) is 0 Å². The third-order valence-electron chi connectivity index (χ3n) is 3.55. The van der Waals surface area contributed by atoms with E-state index >= 15 is 0 Å². The minimum absolute atomic E-state index is 0.470. The van der Waals surface area contributed by atoms with Gasteiger partial charge in [-0.3, -0.25) is 15.0 Å². The summed E-state index contributed by atoms with van der Waals surface area (Å²) in [5.41, 5.74) is 5.97. The van der Waals surface area contributed by atoms with Crippen molar-refractivity contribution in [2.24, 2.45) is 11.7 Å². The molecular formula is C13H18FN3O2. The van der Waals surface area contributed by atoms with Gasteiger partial charge in [0, 0.05) is 19.2 Å². The summed E-state index contributed by atoms with van der Waals surface area (Å²) in [6, 6.07) is 4.10. The average molecular weight is 267 g/mol. The Morgan fingerprint density at radius 2 is 2.32 bits per heavy atom. The Morgan fingerprint density at radius 1 is 1.53 bits per heavy atom. The summed E-state index contributed by atoms with van der Waals surface area (Å²) in [4.78, 5) is 12.1. The lowest BCUT2D eigenvalue weighted by Crippen LogP contribution is -2.37. The Balaban J connectivity index is 2.03. The summed E-state index contributed by atoms with van der Waals surface area (Å²) in [5.74, 6) is -0.272. The number of benzene rings is 1. The van der Waals surface area contributed by atoms with Gasteiger partial charge in [-0.25, -0.2) is 0 Å². The highest BCUT2D eigenvalue weighted by Gasteiger charge is 2.20. The quantitative estimate of drug-likeness (QED) is 0.668. The number of piperidine rings is 1. The highest BCUT2D eigenvalue weighted by molar-refractivity contribution is 5.34. The molecule has 104 valence electrons. The molecule has 1 fully saturated rings. The fraction of sp³-hybridized carbons (Fsp3) is 0.538. The predicted octanol–water partition coefficient (Wildman–Crippen LogP) is 1.90. The molecule has 1 aromatic carbocycles. The van der Waals surface area contributed by atoms with Crippen LogP contribution in [0.2, 0.25) is 0 Å².